The maximum atomic E-state index is 11.9. The van der Waals surface area contributed by atoms with Crippen molar-refractivity contribution < 1.29 is 4.21 Å². The zero-order valence-electron chi connectivity index (χ0n) is 10.5. The second kappa shape index (κ2) is 5.44. The Kier molecular flexibility index (Phi) is 4.45. The van der Waals surface area contributed by atoms with Crippen LogP contribution in [0.5, 0.6) is 0 Å². The highest BCUT2D eigenvalue weighted by atomic mass is 32.2. The average Bonchev–Trinajstić information content (AvgIpc) is 2.14. The van der Waals surface area contributed by atoms with E-state index in [1.54, 1.807) is 13.8 Å². The number of hydrogen-bond donors (Lipinski definition) is 1. The predicted octanol–water partition coefficient (Wildman–Crippen LogP) is 0.768. The van der Waals surface area contributed by atoms with Gasteiger partial charge in [0.15, 0.2) is 0 Å². The van der Waals surface area contributed by atoms with Crippen molar-refractivity contribution in [2.24, 2.45) is 5.92 Å². The Balaban J connectivity index is 3.13. The molecule has 0 saturated carbocycles. The SMILES string of the molecule is Cc1cc(=O)n(C(C)S(=O)CC(C)C)c(=O)[nH]1. The Bertz CT molecular complexity index is 499. The van der Waals surface area contributed by atoms with Crippen LogP contribution in [-0.4, -0.2) is 19.5 Å². The van der Waals surface area contributed by atoms with Crippen LogP contribution in [0.15, 0.2) is 15.7 Å². The van der Waals surface area contributed by atoms with Crippen LogP contribution in [0.4, 0.5) is 0 Å². The lowest BCUT2D eigenvalue weighted by Crippen LogP contribution is -2.39. The van der Waals surface area contributed by atoms with Crippen LogP contribution in [-0.2, 0) is 10.8 Å². The van der Waals surface area contributed by atoms with Gasteiger partial charge >= 0.3 is 5.69 Å². The summed E-state index contributed by atoms with van der Waals surface area (Å²) in [4.78, 5) is 25.9. The van der Waals surface area contributed by atoms with Gasteiger partial charge in [0.1, 0.15) is 5.37 Å². The number of nitrogens with one attached hydrogen (secondary N) is 1. The molecule has 0 saturated heterocycles. The highest BCUT2D eigenvalue weighted by molar-refractivity contribution is 7.85. The van der Waals surface area contributed by atoms with Crippen molar-refractivity contribution in [3.8, 4) is 0 Å². The van der Waals surface area contributed by atoms with E-state index in [0.29, 0.717) is 11.4 Å². The predicted molar refractivity (Wildman–Crippen MR) is 68.6 cm³/mol. The molecule has 2 atom stereocenters. The third-order valence-electron chi connectivity index (χ3n) is 2.34. The lowest BCUT2D eigenvalue weighted by atomic mass is 10.3. The van der Waals surface area contributed by atoms with Gasteiger partial charge in [0.05, 0.1) is 0 Å². The molecule has 0 aliphatic rings. The summed E-state index contributed by atoms with van der Waals surface area (Å²) in [7, 11) is -1.23. The number of aromatic amines is 1. The van der Waals surface area contributed by atoms with Gasteiger partial charge < -0.3 is 4.98 Å². The molecule has 1 heterocycles. The summed E-state index contributed by atoms with van der Waals surface area (Å²) in [5.74, 6) is 0.736. The molecule has 0 bridgehead atoms. The molecule has 0 fully saturated rings. The summed E-state index contributed by atoms with van der Waals surface area (Å²) in [6.45, 7) is 7.17. The van der Waals surface area contributed by atoms with E-state index >= 15 is 0 Å². The van der Waals surface area contributed by atoms with Crippen LogP contribution in [0.3, 0.4) is 0 Å². The maximum Gasteiger partial charge on any atom is 0.329 e. The normalized spacial score (nSPS) is 14.9. The minimum Gasteiger partial charge on any atom is -0.311 e. The third kappa shape index (κ3) is 3.39. The molecule has 0 spiro atoms. The van der Waals surface area contributed by atoms with Crippen molar-refractivity contribution in [3.05, 3.63) is 32.6 Å². The van der Waals surface area contributed by atoms with Crippen LogP contribution in [0.2, 0.25) is 0 Å². The molecule has 0 amide bonds. The quantitative estimate of drug-likeness (QED) is 0.867. The van der Waals surface area contributed by atoms with Gasteiger partial charge in [-0.3, -0.25) is 9.00 Å². The fraction of sp³-hybridized carbons (Fsp3) is 0.636. The Labute approximate surface area is 102 Å². The van der Waals surface area contributed by atoms with Gasteiger partial charge in [-0.05, 0) is 19.8 Å². The fourth-order valence-corrected chi connectivity index (χ4v) is 2.92. The molecule has 0 aliphatic heterocycles. The topological polar surface area (TPSA) is 71.9 Å². The molecule has 1 aromatic rings. The van der Waals surface area contributed by atoms with Crippen LogP contribution in [0.1, 0.15) is 31.8 Å². The van der Waals surface area contributed by atoms with E-state index in [1.165, 1.54) is 6.07 Å². The number of H-pyrrole nitrogens is 1. The summed E-state index contributed by atoms with van der Waals surface area (Å²) < 4.78 is 13.0. The van der Waals surface area contributed by atoms with Crippen LogP contribution in [0.25, 0.3) is 0 Å². The fourth-order valence-electron chi connectivity index (χ4n) is 1.55. The zero-order chi connectivity index (χ0) is 13.2. The van der Waals surface area contributed by atoms with Crippen molar-refractivity contribution in [1.82, 2.24) is 9.55 Å². The van der Waals surface area contributed by atoms with Gasteiger partial charge in [-0.1, -0.05) is 13.8 Å². The molecular formula is C11H18N2O3S. The van der Waals surface area contributed by atoms with Gasteiger partial charge in [-0.25, -0.2) is 9.36 Å². The summed E-state index contributed by atoms with van der Waals surface area (Å²) in [5, 5.41) is -0.603. The molecule has 2 unspecified atom stereocenters. The minimum absolute atomic E-state index is 0.263. The van der Waals surface area contributed by atoms with Gasteiger partial charge in [0.2, 0.25) is 0 Å². The van der Waals surface area contributed by atoms with E-state index in [4.69, 9.17) is 0 Å². The molecule has 0 aliphatic carbocycles. The Morgan fingerprint density at radius 3 is 2.41 bits per heavy atom. The molecule has 0 aromatic carbocycles. The van der Waals surface area contributed by atoms with Crippen molar-refractivity contribution in [1.29, 1.82) is 0 Å². The molecule has 1 aromatic heterocycles. The van der Waals surface area contributed by atoms with Gasteiger partial charge in [0, 0.05) is 28.3 Å². The van der Waals surface area contributed by atoms with Crippen LogP contribution < -0.4 is 11.2 Å². The lowest BCUT2D eigenvalue weighted by Gasteiger charge is -2.15. The first-order valence-corrected chi connectivity index (χ1v) is 6.90. The van der Waals surface area contributed by atoms with E-state index in [1.807, 2.05) is 13.8 Å². The maximum absolute atomic E-state index is 11.9. The average molecular weight is 258 g/mol. The number of nitrogens with zero attached hydrogens (tertiary/aromatic N) is 1. The molecule has 96 valence electrons. The number of rotatable bonds is 4. The lowest BCUT2D eigenvalue weighted by molar-refractivity contribution is 0.597. The first kappa shape index (κ1) is 13.9. The first-order chi connectivity index (χ1) is 7.82. The summed E-state index contributed by atoms with van der Waals surface area (Å²) in [5.41, 5.74) is -0.395. The highest BCUT2D eigenvalue weighted by Gasteiger charge is 2.18. The van der Waals surface area contributed by atoms with E-state index in [9.17, 15) is 13.8 Å². The molecule has 5 nitrogen and oxygen atoms in total. The van der Waals surface area contributed by atoms with Crippen LogP contribution >= 0.6 is 0 Å². The van der Waals surface area contributed by atoms with Crippen LogP contribution in [0, 0.1) is 12.8 Å². The molecule has 17 heavy (non-hydrogen) atoms. The second-order valence-corrected chi connectivity index (χ2v) is 6.28. The number of hydrogen-bond acceptors (Lipinski definition) is 3. The van der Waals surface area contributed by atoms with Crippen molar-refractivity contribution in [3.63, 3.8) is 0 Å². The minimum atomic E-state index is -1.23. The molecule has 6 heteroatoms. The van der Waals surface area contributed by atoms with Crippen molar-refractivity contribution in [2.45, 2.75) is 33.1 Å². The standard InChI is InChI=1S/C11H18N2O3S/c1-7(2)6-17(16)9(4)13-10(14)5-8(3)12-11(13)15/h5,7,9H,6H2,1-4H3,(H,12,15). The molecular weight excluding hydrogens is 240 g/mol. The summed E-state index contributed by atoms with van der Waals surface area (Å²) in [6.07, 6.45) is 0. The van der Waals surface area contributed by atoms with E-state index in [-0.39, 0.29) is 5.92 Å². The molecule has 1 rings (SSSR count). The summed E-state index contributed by atoms with van der Waals surface area (Å²) in [6, 6.07) is 1.34. The van der Waals surface area contributed by atoms with Gasteiger partial charge in [-0.15, -0.1) is 0 Å². The molecule has 1 N–H and O–H groups in total. The Morgan fingerprint density at radius 1 is 1.35 bits per heavy atom. The highest BCUT2D eigenvalue weighted by Crippen LogP contribution is 2.09. The van der Waals surface area contributed by atoms with E-state index < -0.39 is 27.4 Å². The third-order valence-corrected chi connectivity index (χ3v) is 4.31. The van der Waals surface area contributed by atoms with Crippen molar-refractivity contribution >= 4 is 10.8 Å². The van der Waals surface area contributed by atoms with Gasteiger partial charge in [0.25, 0.3) is 5.56 Å². The zero-order valence-corrected chi connectivity index (χ0v) is 11.3. The first-order valence-electron chi connectivity index (χ1n) is 5.52. The van der Waals surface area contributed by atoms with Crippen molar-refractivity contribution in [2.75, 3.05) is 5.75 Å². The van der Waals surface area contributed by atoms with E-state index in [0.717, 1.165) is 4.57 Å². The number of aryl methyl sites for hydroxylation is 1. The van der Waals surface area contributed by atoms with Gasteiger partial charge in [-0.2, -0.15) is 0 Å². The Hall–Kier alpha value is -1.17. The summed E-state index contributed by atoms with van der Waals surface area (Å²) >= 11 is 0. The smallest absolute Gasteiger partial charge is 0.311 e. The number of aromatic nitrogens is 2. The molecule has 0 radical (unpaired) electrons. The largest absolute Gasteiger partial charge is 0.329 e. The Morgan fingerprint density at radius 2 is 1.94 bits per heavy atom. The monoisotopic (exact) mass is 258 g/mol. The van der Waals surface area contributed by atoms with E-state index in [2.05, 4.69) is 4.98 Å². The second-order valence-electron chi connectivity index (χ2n) is 4.51.